The summed E-state index contributed by atoms with van der Waals surface area (Å²) in [5, 5.41) is 12.3. The Labute approximate surface area is 189 Å². The van der Waals surface area contributed by atoms with Crippen molar-refractivity contribution in [1.82, 2.24) is 24.1 Å². The van der Waals surface area contributed by atoms with Gasteiger partial charge in [0.15, 0.2) is 11.0 Å². The number of sulfonamides is 1. The van der Waals surface area contributed by atoms with Crippen LogP contribution in [0.15, 0.2) is 50.9 Å². The number of thiophene rings is 1. The Balaban J connectivity index is 1.39. The molecule has 0 bridgehead atoms. The lowest BCUT2D eigenvalue weighted by Crippen LogP contribution is -2.27. The van der Waals surface area contributed by atoms with Crippen molar-refractivity contribution in [3.05, 3.63) is 35.8 Å². The van der Waals surface area contributed by atoms with Crippen LogP contribution in [0.5, 0.6) is 0 Å². The van der Waals surface area contributed by atoms with Gasteiger partial charge in [0.2, 0.25) is 10.0 Å². The first kappa shape index (κ1) is 21.1. The maximum absolute atomic E-state index is 12.7. The Morgan fingerprint density at radius 2 is 2.03 bits per heavy atom. The third-order valence-corrected chi connectivity index (χ3v) is 9.16. The van der Waals surface area contributed by atoms with Crippen molar-refractivity contribution in [2.75, 3.05) is 19.7 Å². The van der Waals surface area contributed by atoms with Crippen molar-refractivity contribution >= 4 is 33.1 Å². The predicted octanol–water partition coefficient (Wildman–Crippen LogP) is 3.52. The van der Waals surface area contributed by atoms with Crippen molar-refractivity contribution in [3.8, 4) is 10.7 Å². The number of hydrogen-bond donors (Lipinski definition) is 0. The summed E-state index contributed by atoms with van der Waals surface area (Å²) in [5.74, 6) is 0.821. The molecule has 0 aliphatic carbocycles. The Kier molecular flexibility index (Phi) is 6.11. The Morgan fingerprint density at radius 3 is 2.71 bits per heavy atom. The van der Waals surface area contributed by atoms with Gasteiger partial charge in [-0.15, -0.1) is 21.5 Å². The molecule has 0 spiro atoms. The summed E-state index contributed by atoms with van der Waals surface area (Å²) >= 11 is 3.01. The van der Waals surface area contributed by atoms with Gasteiger partial charge in [-0.25, -0.2) is 13.4 Å². The highest BCUT2D eigenvalue weighted by Gasteiger charge is 2.28. The van der Waals surface area contributed by atoms with Gasteiger partial charge in [-0.05, 0) is 61.0 Å². The number of aromatic nitrogens is 4. The Hall–Kier alpha value is -1.79. The van der Waals surface area contributed by atoms with E-state index in [4.69, 9.17) is 4.74 Å². The molecule has 0 aromatic carbocycles. The fourth-order valence-electron chi connectivity index (χ4n) is 3.86. The average molecular weight is 478 g/mol. The SMILES string of the molecule is O=S(=O)(c1ccc(Sc2nnc(-c3cccs3)n2C[C@H]2CCCO2)nc1)N1CCCC1. The van der Waals surface area contributed by atoms with Crippen molar-refractivity contribution in [2.24, 2.45) is 0 Å². The Bertz CT molecular complexity index is 1120. The fourth-order valence-corrected chi connectivity index (χ4v) is 6.82. The molecule has 1 atom stereocenters. The van der Waals surface area contributed by atoms with Gasteiger partial charge in [-0.1, -0.05) is 6.07 Å². The van der Waals surface area contributed by atoms with E-state index in [1.807, 2.05) is 17.5 Å². The largest absolute Gasteiger partial charge is 0.376 e. The van der Waals surface area contributed by atoms with E-state index in [9.17, 15) is 8.42 Å². The monoisotopic (exact) mass is 477 g/mol. The molecule has 5 heterocycles. The van der Waals surface area contributed by atoms with E-state index in [0.29, 0.717) is 24.7 Å². The Morgan fingerprint density at radius 1 is 1.16 bits per heavy atom. The molecule has 3 aromatic rings. The van der Waals surface area contributed by atoms with Crippen LogP contribution in [0.2, 0.25) is 0 Å². The minimum atomic E-state index is -3.46. The molecule has 164 valence electrons. The maximum atomic E-state index is 12.7. The first-order valence-electron chi connectivity index (χ1n) is 10.3. The molecule has 2 fully saturated rings. The van der Waals surface area contributed by atoms with E-state index >= 15 is 0 Å². The molecule has 2 aliphatic rings. The lowest BCUT2D eigenvalue weighted by Gasteiger charge is -2.15. The van der Waals surface area contributed by atoms with Crippen LogP contribution in [-0.2, 0) is 21.3 Å². The lowest BCUT2D eigenvalue weighted by atomic mass is 10.2. The van der Waals surface area contributed by atoms with Crippen LogP contribution in [0.1, 0.15) is 25.7 Å². The van der Waals surface area contributed by atoms with Gasteiger partial charge >= 0.3 is 0 Å². The highest BCUT2D eigenvalue weighted by molar-refractivity contribution is 7.99. The van der Waals surface area contributed by atoms with Gasteiger partial charge in [0.25, 0.3) is 0 Å². The molecular weight excluding hydrogens is 454 g/mol. The molecule has 2 aliphatic heterocycles. The van der Waals surface area contributed by atoms with Gasteiger partial charge in [0.05, 0.1) is 17.5 Å². The number of rotatable bonds is 7. The van der Waals surface area contributed by atoms with Crippen LogP contribution in [0.25, 0.3) is 10.7 Å². The number of ether oxygens (including phenoxy) is 1. The van der Waals surface area contributed by atoms with Crippen molar-refractivity contribution in [1.29, 1.82) is 0 Å². The molecule has 0 amide bonds. The molecule has 0 saturated carbocycles. The lowest BCUT2D eigenvalue weighted by molar-refractivity contribution is 0.0953. The zero-order valence-corrected chi connectivity index (χ0v) is 19.3. The van der Waals surface area contributed by atoms with Gasteiger partial charge in [0, 0.05) is 25.9 Å². The summed E-state index contributed by atoms with van der Waals surface area (Å²) in [4.78, 5) is 5.69. The van der Waals surface area contributed by atoms with Gasteiger partial charge in [-0.2, -0.15) is 4.31 Å². The number of pyridine rings is 1. The first-order chi connectivity index (χ1) is 15.1. The highest BCUT2D eigenvalue weighted by Crippen LogP contribution is 2.32. The quantitative estimate of drug-likeness (QED) is 0.514. The normalized spacial score (nSPS) is 19.9. The van der Waals surface area contributed by atoms with E-state index in [1.165, 1.54) is 22.3 Å². The molecule has 0 radical (unpaired) electrons. The molecular formula is C20H23N5O3S3. The summed E-state index contributed by atoms with van der Waals surface area (Å²) in [6, 6.07) is 7.40. The zero-order valence-electron chi connectivity index (χ0n) is 16.9. The van der Waals surface area contributed by atoms with E-state index in [-0.39, 0.29) is 11.0 Å². The van der Waals surface area contributed by atoms with E-state index in [2.05, 4.69) is 19.7 Å². The summed E-state index contributed by atoms with van der Waals surface area (Å²) in [7, 11) is -3.46. The fraction of sp³-hybridized carbons (Fsp3) is 0.450. The van der Waals surface area contributed by atoms with Crippen LogP contribution in [0, 0.1) is 0 Å². The smallest absolute Gasteiger partial charge is 0.244 e. The van der Waals surface area contributed by atoms with Crippen molar-refractivity contribution in [3.63, 3.8) is 0 Å². The molecule has 0 N–H and O–H groups in total. The molecule has 11 heteroatoms. The van der Waals surface area contributed by atoms with Crippen LogP contribution in [-0.4, -0.2) is 58.3 Å². The first-order valence-corrected chi connectivity index (χ1v) is 13.5. The minimum absolute atomic E-state index is 0.148. The topological polar surface area (TPSA) is 90.2 Å². The summed E-state index contributed by atoms with van der Waals surface area (Å²) in [6.45, 7) is 2.63. The van der Waals surface area contributed by atoms with Crippen LogP contribution < -0.4 is 0 Å². The standard InChI is InChI=1S/C20H23N5O3S3/c26-31(27,24-9-1-2-10-24)16-7-8-18(21-13-16)30-20-23-22-19(17-6-4-12-29-17)25(20)14-15-5-3-11-28-15/h4,6-8,12-13,15H,1-3,5,9-11,14H2/t15-/m1/s1. The van der Waals surface area contributed by atoms with Crippen LogP contribution in [0.3, 0.4) is 0 Å². The van der Waals surface area contributed by atoms with E-state index in [1.54, 1.807) is 23.5 Å². The van der Waals surface area contributed by atoms with E-state index in [0.717, 1.165) is 48.1 Å². The molecule has 5 rings (SSSR count). The van der Waals surface area contributed by atoms with Gasteiger partial charge in [-0.3, -0.25) is 4.57 Å². The second-order valence-corrected chi connectivity index (χ2v) is 11.4. The van der Waals surface area contributed by atoms with Crippen LogP contribution >= 0.6 is 23.1 Å². The molecule has 8 nitrogen and oxygen atoms in total. The average Bonchev–Trinajstić information content (AvgIpc) is 3.57. The minimum Gasteiger partial charge on any atom is -0.376 e. The summed E-state index contributed by atoms with van der Waals surface area (Å²) < 4.78 is 34.9. The van der Waals surface area contributed by atoms with Gasteiger partial charge in [0.1, 0.15) is 9.92 Å². The molecule has 31 heavy (non-hydrogen) atoms. The van der Waals surface area contributed by atoms with Crippen molar-refractivity contribution in [2.45, 2.75) is 53.4 Å². The zero-order chi connectivity index (χ0) is 21.3. The van der Waals surface area contributed by atoms with Crippen molar-refractivity contribution < 1.29 is 13.2 Å². The highest BCUT2D eigenvalue weighted by atomic mass is 32.2. The third-order valence-electron chi connectivity index (χ3n) is 5.48. The van der Waals surface area contributed by atoms with E-state index < -0.39 is 10.0 Å². The molecule has 2 saturated heterocycles. The van der Waals surface area contributed by atoms with Gasteiger partial charge < -0.3 is 4.74 Å². The predicted molar refractivity (Wildman–Crippen MR) is 119 cm³/mol. The maximum Gasteiger partial charge on any atom is 0.244 e. The molecule has 0 unspecified atom stereocenters. The number of nitrogens with zero attached hydrogens (tertiary/aromatic N) is 5. The second-order valence-electron chi connectivity index (χ2n) is 7.57. The third kappa shape index (κ3) is 4.42. The summed E-state index contributed by atoms with van der Waals surface area (Å²) in [6.07, 6.45) is 5.50. The summed E-state index contributed by atoms with van der Waals surface area (Å²) in [5.41, 5.74) is 0. The van der Waals surface area contributed by atoms with Crippen LogP contribution in [0.4, 0.5) is 0 Å². The second kappa shape index (κ2) is 8.99. The number of hydrogen-bond acceptors (Lipinski definition) is 8. The molecule has 3 aromatic heterocycles.